The van der Waals surface area contributed by atoms with Gasteiger partial charge in [-0.1, -0.05) is 38.4 Å². The molecule has 1 aromatic heterocycles. The van der Waals surface area contributed by atoms with E-state index in [9.17, 15) is 4.39 Å². The number of hydrogen-bond donors (Lipinski definition) is 1. The number of aromatic nitrogens is 2. The van der Waals surface area contributed by atoms with E-state index in [2.05, 4.69) is 25.9 Å². The summed E-state index contributed by atoms with van der Waals surface area (Å²) in [5.41, 5.74) is 7.01. The van der Waals surface area contributed by atoms with Crippen molar-refractivity contribution in [3.05, 3.63) is 40.8 Å². The Morgan fingerprint density at radius 2 is 2.05 bits per heavy atom. The third-order valence-corrected chi connectivity index (χ3v) is 2.95. The van der Waals surface area contributed by atoms with E-state index in [1.807, 2.05) is 0 Å². The molecule has 2 rings (SSSR count). The minimum atomic E-state index is -0.440. The number of nitrogen functional groups attached to an aromatic ring is 1. The highest BCUT2D eigenvalue weighted by atomic mass is 35.5. The lowest BCUT2D eigenvalue weighted by Gasteiger charge is -2.15. The predicted octanol–water partition coefficient (Wildman–Crippen LogP) is 3.84. The molecule has 0 bridgehead atoms. The summed E-state index contributed by atoms with van der Waals surface area (Å²) in [4.78, 5) is 0. The van der Waals surface area contributed by atoms with Gasteiger partial charge in [-0.3, -0.25) is 0 Å². The molecule has 2 aromatic rings. The fourth-order valence-corrected chi connectivity index (χ4v) is 2.19. The third-order valence-electron chi connectivity index (χ3n) is 2.65. The summed E-state index contributed by atoms with van der Waals surface area (Å²) in [7, 11) is 0. The molecule has 0 radical (unpaired) electrons. The second-order valence-electron chi connectivity index (χ2n) is 5.78. The van der Waals surface area contributed by atoms with E-state index in [4.69, 9.17) is 17.3 Å². The molecule has 0 saturated heterocycles. The van der Waals surface area contributed by atoms with Crippen molar-refractivity contribution in [3.63, 3.8) is 0 Å². The Labute approximate surface area is 117 Å². The van der Waals surface area contributed by atoms with E-state index in [-0.39, 0.29) is 16.1 Å². The number of halogens is 2. The third kappa shape index (κ3) is 3.07. The minimum Gasteiger partial charge on any atom is -0.384 e. The monoisotopic (exact) mass is 281 g/mol. The quantitative estimate of drug-likeness (QED) is 0.909. The van der Waals surface area contributed by atoms with Crippen LogP contribution in [0.5, 0.6) is 0 Å². The molecular formula is C14H17ClFN3. The van der Waals surface area contributed by atoms with E-state index in [1.165, 1.54) is 10.7 Å². The maximum absolute atomic E-state index is 13.9. The minimum absolute atomic E-state index is 0.0879. The van der Waals surface area contributed by atoms with Gasteiger partial charge in [0, 0.05) is 6.07 Å². The summed E-state index contributed by atoms with van der Waals surface area (Å²) in [6.45, 7) is 6.33. The summed E-state index contributed by atoms with van der Waals surface area (Å²) < 4.78 is 15.2. The van der Waals surface area contributed by atoms with Gasteiger partial charge in [-0.15, -0.1) is 0 Å². The number of nitrogens with zero attached hydrogens (tertiary/aromatic N) is 2. The van der Waals surface area contributed by atoms with E-state index in [0.717, 1.165) is 12.1 Å². The van der Waals surface area contributed by atoms with E-state index >= 15 is 0 Å². The van der Waals surface area contributed by atoms with Crippen LogP contribution < -0.4 is 5.73 Å². The van der Waals surface area contributed by atoms with Crippen molar-refractivity contribution in [2.24, 2.45) is 5.41 Å². The Balaban J connectivity index is 2.47. The zero-order chi connectivity index (χ0) is 14.2. The summed E-state index contributed by atoms with van der Waals surface area (Å²) in [5.74, 6) is -0.0594. The Hall–Kier alpha value is -1.55. The van der Waals surface area contributed by atoms with Crippen LogP contribution in [-0.2, 0) is 6.42 Å². The number of para-hydroxylation sites is 1. The molecule has 0 aliphatic heterocycles. The average Bonchev–Trinajstić information content (AvgIpc) is 2.56. The van der Waals surface area contributed by atoms with Crippen molar-refractivity contribution < 1.29 is 4.39 Å². The maximum Gasteiger partial charge on any atom is 0.150 e. The molecule has 0 atom stereocenters. The Morgan fingerprint density at radius 3 is 2.63 bits per heavy atom. The SMILES string of the molecule is CC(C)(C)Cc1cc(N)n(-c2c(F)cccc2Cl)n1. The van der Waals surface area contributed by atoms with Crippen LogP contribution in [0.3, 0.4) is 0 Å². The smallest absolute Gasteiger partial charge is 0.150 e. The molecule has 3 nitrogen and oxygen atoms in total. The van der Waals surface area contributed by atoms with Crippen LogP contribution in [0.15, 0.2) is 24.3 Å². The first kappa shape index (κ1) is 13.9. The van der Waals surface area contributed by atoms with Gasteiger partial charge in [0.05, 0.1) is 10.7 Å². The van der Waals surface area contributed by atoms with E-state index < -0.39 is 5.82 Å². The van der Waals surface area contributed by atoms with Gasteiger partial charge in [-0.2, -0.15) is 5.10 Å². The highest BCUT2D eigenvalue weighted by Gasteiger charge is 2.18. The van der Waals surface area contributed by atoms with Crippen LogP contribution in [0.25, 0.3) is 5.69 Å². The Morgan fingerprint density at radius 1 is 1.37 bits per heavy atom. The van der Waals surface area contributed by atoms with Crippen molar-refractivity contribution in [2.45, 2.75) is 27.2 Å². The van der Waals surface area contributed by atoms with Crippen LogP contribution in [0.1, 0.15) is 26.5 Å². The van der Waals surface area contributed by atoms with Crippen LogP contribution in [0, 0.1) is 11.2 Å². The first-order valence-corrected chi connectivity index (χ1v) is 6.44. The molecule has 1 heterocycles. The van der Waals surface area contributed by atoms with Crippen molar-refractivity contribution in [1.29, 1.82) is 0 Å². The van der Waals surface area contributed by atoms with Gasteiger partial charge >= 0.3 is 0 Å². The van der Waals surface area contributed by atoms with Crippen LogP contribution in [0.4, 0.5) is 10.2 Å². The number of rotatable bonds is 2. The molecular weight excluding hydrogens is 265 g/mol. The summed E-state index contributed by atoms with van der Waals surface area (Å²) >= 11 is 6.02. The lowest BCUT2D eigenvalue weighted by atomic mass is 9.91. The zero-order valence-electron chi connectivity index (χ0n) is 11.2. The molecule has 19 heavy (non-hydrogen) atoms. The van der Waals surface area contributed by atoms with Gasteiger partial charge in [-0.25, -0.2) is 9.07 Å². The van der Waals surface area contributed by atoms with Crippen LogP contribution in [-0.4, -0.2) is 9.78 Å². The standard InChI is InChI=1S/C14H17ClFN3/c1-14(2,3)8-9-7-12(17)19(18-9)13-10(15)5-4-6-11(13)16/h4-7H,8,17H2,1-3H3. The number of nitrogens with two attached hydrogens (primary N) is 1. The summed E-state index contributed by atoms with van der Waals surface area (Å²) in [5, 5.41) is 4.64. The first-order chi connectivity index (χ1) is 8.78. The molecule has 0 spiro atoms. The normalized spacial score (nSPS) is 11.8. The molecule has 0 saturated carbocycles. The molecule has 2 N–H and O–H groups in total. The highest BCUT2D eigenvalue weighted by Crippen LogP contribution is 2.27. The summed E-state index contributed by atoms with van der Waals surface area (Å²) in [6, 6.07) is 6.27. The second-order valence-corrected chi connectivity index (χ2v) is 6.19. The van der Waals surface area contributed by atoms with Gasteiger partial charge in [0.2, 0.25) is 0 Å². The number of benzene rings is 1. The van der Waals surface area contributed by atoms with Gasteiger partial charge < -0.3 is 5.73 Å². The van der Waals surface area contributed by atoms with E-state index in [1.54, 1.807) is 18.2 Å². The largest absolute Gasteiger partial charge is 0.384 e. The molecule has 0 aliphatic carbocycles. The van der Waals surface area contributed by atoms with Gasteiger partial charge in [-0.05, 0) is 24.0 Å². The lowest BCUT2D eigenvalue weighted by Crippen LogP contribution is -2.10. The Bertz CT molecular complexity index is 579. The van der Waals surface area contributed by atoms with Gasteiger partial charge in [0.15, 0.2) is 0 Å². The highest BCUT2D eigenvalue weighted by molar-refractivity contribution is 6.32. The molecule has 0 unspecified atom stereocenters. The molecule has 5 heteroatoms. The van der Waals surface area contributed by atoms with Crippen LogP contribution in [0.2, 0.25) is 5.02 Å². The average molecular weight is 282 g/mol. The fourth-order valence-electron chi connectivity index (χ4n) is 1.95. The maximum atomic E-state index is 13.9. The second kappa shape index (κ2) is 4.85. The van der Waals surface area contributed by atoms with Gasteiger partial charge in [0.25, 0.3) is 0 Å². The lowest BCUT2D eigenvalue weighted by molar-refractivity contribution is 0.405. The van der Waals surface area contributed by atoms with Crippen LogP contribution >= 0.6 is 11.6 Å². The zero-order valence-corrected chi connectivity index (χ0v) is 12.0. The van der Waals surface area contributed by atoms with Gasteiger partial charge in [0.1, 0.15) is 17.3 Å². The number of anilines is 1. The van der Waals surface area contributed by atoms with Crippen molar-refractivity contribution >= 4 is 17.4 Å². The molecule has 0 aliphatic rings. The Kier molecular flexibility index (Phi) is 3.54. The first-order valence-electron chi connectivity index (χ1n) is 6.07. The van der Waals surface area contributed by atoms with E-state index in [0.29, 0.717) is 5.82 Å². The topological polar surface area (TPSA) is 43.8 Å². The molecule has 102 valence electrons. The predicted molar refractivity (Wildman–Crippen MR) is 76.1 cm³/mol. The molecule has 0 fully saturated rings. The fraction of sp³-hybridized carbons (Fsp3) is 0.357. The van der Waals surface area contributed by atoms with Crippen molar-refractivity contribution in [2.75, 3.05) is 5.73 Å². The van der Waals surface area contributed by atoms with Crippen molar-refractivity contribution in [1.82, 2.24) is 9.78 Å². The van der Waals surface area contributed by atoms with Crippen molar-refractivity contribution in [3.8, 4) is 5.69 Å². The molecule has 1 aromatic carbocycles. The number of hydrogen-bond acceptors (Lipinski definition) is 2. The summed E-state index contributed by atoms with van der Waals surface area (Å²) in [6.07, 6.45) is 0.760. The molecule has 0 amide bonds.